The fourth-order valence-electron chi connectivity index (χ4n) is 3.22. The molecule has 0 aromatic heterocycles. The number of carbonyl (C=O) groups is 2. The van der Waals surface area contributed by atoms with Crippen molar-refractivity contribution in [3.8, 4) is 0 Å². The molecule has 2 aliphatic rings. The Morgan fingerprint density at radius 2 is 2.00 bits per heavy atom. The molecule has 0 amide bonds. The van der Waals surface area contributed by atoms with Gasteiger partial charge in [-0.15, -0.1) is 0 Å². The molecular formula is C13H20O5. The Morgan fingerprint density at radius 3 is 2.67 bits per heavy atom. The molecule has 5 nitrogen and oxygen atoms in total. The number of hydrogen-bond donors (Lipinski definition) is 2. The lowest BCUT2D eigenvalue weighted by molar-refractivity contribution is -0.175. The summed E-state index contributed by atoms with van der Waals surface area (Å²) < 4.78 is 5.25. The van der Waals surface area contributed by atoms with Crippen LogP contribution in [0.4, 0.5) is 0 Å². The van der Waals surface area contributed by atoms with Crippen molar-refractivity contribution in [1.82, 2.24) is 0 Å². The molecule has 0 spiro atoms. The summed E-state index contributed by atoms with van der Waals surface area (Å²) in [5, 5.41) is 19.7. The van der Waals surface area contributed by atoms with Gasteiger partial charge in [0, 0.05) is 12.3 Å². The van der Waals surface area contributed by atoms with E-state index in [-0.39, 0.29) is 25.4 Å². The molecule has 3 unspecified atom stereocenters. The summed E-state index contributed by atoms with van der Waals surface area (Å²) >= 11 is 0. The van der Waals surface area contributed by atoms with Crippen molar-refractivity contribution in [3.05, 3.63) is 0 Å². The molecule has 2 rings (SSSR count). The van der Waals surface area contributed by atoms with Crippen molar-refractivity contribution in [2.24, 2.45) is 11.3 Å². The lowest BCUT2D eigenvalue weighted by Crippen LogP contribution is -2.55. The van der Waals surface area contributed by atoms with Crippen molar-refractivity contribution in [1.29, 1.82) is 0 Å². The van der Waals surface area contributed by atoms with Gasteiger partial charge in [0.2, 0.25) is 0 Å². The van der Waals surface area contributed by atoms with Gasteiger partial charge in [0.15, 0.2) is 11.2 Å². The smallest absolute Gasteiger partial charge is 0.319 e. The molecule has 1 saturated carbocycles. The van der Waals surface area contributed by atoms with E-state index in [0.29, 0.717) is 12.8 Å². The van der Waals surface area contributed by atoms with Crippen LogP contribution in [0, 0.1) is 11.3 Å². The first-order valence-corrected chi connectivity index (χ1v) is 6.61. The maximum atomic E-state index is 12.1. The van der Waals surface area contributed by atoms with Gasteiger partial charge >= 0.3 is 5.97 Å². The zero-order valence-electron chi connectivity index (χ0n) is 10.4. The summed E-state index contributed by atoms with van der Waals surface area (Å²) in [6.07, 6.45) is 3.32. The molecule has 0 bridgehead atoms. The normalized spacial score (nSPS) is 38.2. The van der Waals surface area contributed by atoms with Gasteiger partial charge in [-0.05, 0) is 12.8 Å². The van der Waals surface area contributed by atoms with Gasteiger partial charge in [-0.2, -0.15) is 0 Å². The fraction of sp³-hybridized carbons (Fsp3) is 0.846. The topological polar surface area (TPSA) is 83.8 Å². The van der Waals surface area contributed by atoms with Crippen LogP contribution in [-0.2, 0) is 14.3 Å². The van der Waals surface area contributed by atoms with Crippen LogP contribution in [0.5, 0.6) is 0 Å². The van der Waals surface area contributed by atoms with E-state index in [9.17, 15) is 19.8 Å². The second-order valence-electron chi connectivity index (χ2n) is 5.31. The summed E-state index contributed by atoms with van der Waals surface area (Å²) in [7, 11) is 0. The number of carboxylic acid groups (broad SMARTS) is 1. The molecule has 3 atom stereocenters. The van der Waals surface area contributed by atoms with Crippen LogP contribution in [0.25, 0.3) is 0 Å². The van der Waals surface area contributed by atoms with E-state index >= 15 is 0 Å². The zero-order valence-corrected chi connectivity index (χ0v) is 10.4. The minimum absolute atomic E-state index is 0.0944. The highest BCUT2D eigenvalue weighted by atomic mass is 16.5. The van der Waals surface area contributed by atoms with Crippen LogP contribution in [-0.4, -0.2) is 41.3 Å². The van der Waals surface area contributed by atoms with Gasteiger partial charge in [0.1, 0.15) is 0 Å². The third-order valence-electron chi connectivity index (χ3n) is 4.29. The number of ketones is 1. The SMILES string of the molecule is O=C(O)C1(C2CCCCCC2O)COCCC1=O. The summed E-state index contributed by atoms with van der Waals surface area (Å²) in [4.78, 5) is 23.8. The van der Waals surface area contributed by atoms with Crippen LogP contribution in [0.1, 0.15) is 38.5 Å². The van der Waals surface area contributed by atoms with Crippen LogP contribution in [0.2, 0.25) is 0 Å². The molecule has 0 aromatic rings. The Bertz CT molecular complexity index is 340. The Labute approximate surface area is 106 Å². The molecule has 1 heterocycles. The molecule has 2 N–H and O–H groups in total. The quantitative estimate of drug-likeness (QED) is 0.568. The number of rotatable bonds is 2. The summed E-state index contributed by atoms with van der Waals surface area (Å²) in [5.74, 6) is -1.93. The third kappa shape index (κ3) is 2.17. The van der Waals surface area contributed by atoms with E-state index in [1.54, 1.807) is 0 Å². The molecule has 0 aromatic carbocycles. The highest BCUT2D eigenvalue weighted by Crippen LogP contribution is 2.41. The highest BCUT2D eigenvalue weighted by molar-refractivity contribution is 6.04. The number of Topliss-reactive ketones (excluding diaryl/α,β-unsaturated/α-hetero) is 1. The van der Waals surface area contributed by atoms with Gasteiger partial charge in [-0.25, -0.2) is 0 Å². The van der Waals surface area contributed by atoms with Crippen molar-refractivity contribution in [3.63, 3.8) is 0 Å². The number of carboxylic acids is 1. The Hall–Kier alpha value is -0.940. The lowest BCUT2D eigenvalue weighted by Gasteiger charge is -2.39. The van der Waals surface area contributed by atoms with Crippen LogP contribution >= 0.6 is 0 Å². The minimum Gasteiger partial charge on any atom is -0.480 e. The second-order valence-corrected chi connectivity index (χ2v) is 5.31. The van der Waals surface area contributed by atoms with Gasteiger partial charge in [0.25, 0.3) is 0 Å². The van der Waals surface area contributed by atoms with Crippen molar-refractivity contribution in [2.45, 2.75) is 44.6 Å². The fourth-order valence-corrected chi connectivity index (χ4v) is 3.22. The van der Waals surface area contributed by atoms with Gasteiger partial charge < -0.3 is 14.9 Å². The van der Waals surface area contributed by atoms with Crippen LogP contribution in [0.3, 0.4) is 0 Å². The summed E-state index contributed by atoms with van der Waals surface area (Å²) in [6.45, 7) is 0.194. The second kappa shape index (κ2) is 5.36. The van der Waals surface area contributed by atoms with Crippen molar-refractivity contribution < 1.29 is 24.5 Å². The first kappa shape index (κ1) is 13.5. The van der Waals surface area contributed by atoms with E-state index in [1.807, 2.05) is 0 Å². The number of carbonyl (C=O) groups excluding carboxylic acids is 1. The van der Waals surface area contributed by atoms with E-state index in [4.69, 9.17) is 4.74 Å². The first-order chi connectivity index (χ1) is 8.59. The molecule has 5 heteroatoms. The van der Waals surface area contributed by atoms with E-state index in [1.165, 1.54) is 0 Å². The predicted molar refractivity (Wildman–Crippen MR) is 63.1 cm³/mol. The van der Waals surface area contributed by atoms with Crippen LogP contribution < -0.4 is 0 Å². The lowest BCUT2D eigenvalue weighted by atomic mass is 9.67. The molecule has 102 valence electrons. The number of hydrogen-bond acceptors (Lipinski definition) is 4. The Kier molecular flexibility index (Phi) is 4.02. The van der Waals surface area contributed by atoms with Gasteiger partial charge in [-0.1, -0.05) is 19.3 Å². The monoisotopic (exact) mass is 256 g/mol. The summed E-state index contributed by atoms with van der Waals surface area (Å²) in [5.41, 5.74) is -1.53. The van der Waals surface area contributed by atoms with Crippen LogP contribution in [0.15, 0.2) is 0 Å². The molecule has 1 saturated heterocycles. The first-order valence-electron chi connectivity index (χ1n) is 6.61. The van der Waals surface area contributed by atoms with Gasteiger partial charge in [-0.3, -0.25) is 9.59 Å². The van der Waals surface area contributed by atoms with E-state index < -0.39 is 23.4 Å². The predicted octanol–water partition coefficient (Wildman–Crippen LogP) is 0.988. The van der Waals surface area contributed by atoms with Crippen molar-refractivity contribution in [2.75, 3.05) is 13.2 Å². The Morgan fingerprint density at radius 1 is 1.28 bits per heavy atom. The molecule has 1 aliphatic heterocycles. The van der Waals surface area contributed by atoms with Crippen molar-refractivity contribution >= 4 is 11.8 Å². The largest absolute Gasteiger partial charge is 0.480 e. The number of ether oxygens (including phenoxy) is 1. The standard InChI is InChI=1S/C13H20O5/c14-10-5-3-1-2-4-9(10)13(12(16)17)8-18-7-6-11(13)15/h9-10,14H,1-8H2,(H,16,17). The average Bonchev–Trinajstić information content (AvgIpc) is 2.55. The number of aliphatic hydroxyl groups is 1. The maximum Gasteiger partial charge on any atom is 0.319 e. The number of aliphatic hydroxyl groups excluding tert-OH is 1. The summed E-state index contributed by atoms with van der Waals surface area (Å²) in [6, 6.07) is 0. The molecule has 2 fully saturated rings. The minimum atomic E-state index is -1.53. The highest BCUT2D eigenvalue weighted by Gasteiger charge is 2.55. The van der Waals surface area contributed by atoms with E-state index in [2.05, 4.69) is 0 Å². The number of aliphatic carboxylic acids is 1. The molecule has 1 aliphatic carbocycles. The maximum absolute atomic E-state index is 12.1. The van der Waals surface area contributed by atoms with E-state index in [0.717, 1.165) is 19.3 Å². The zero-order chi connectivity index (χ0) is 13.2. The van der Waals surface area contributed by atoms with Gasteiger partial charge in [0.05, 0.1) is 19.3 Å². The Balaban J connectivity index is 2.33. The molecule has 18 heavy (non-hydrogen) atoms. The third-order valence-corrected chi connectivity index (χ3v) is 4.29. The molecule has 0 radical (unpaired) electrons. The molecular weight excluding hydrogens is 236 g/mol. The average molecular weight is 256 g/mol.